The van der Waals surface area contributed by atoms with Gasteiger partial charge in [0.05, 0.1) is 20.1 Å². The number of ether oxygens (including phenoxy) is 1. The second-order valence-electron chi connectivity index (χ2n) is 6.06. The average Bonchev–Trinajstić information content (AvgIpc) is 2.94. The topological polar surface area (TPSA) is 79.0 Å². The van der Waals surface area contributed by atoms with Gasteiger partial charge in [0.1, 0.15) is 5.75 Å². The Balaban J connectivity index is 1.55. The second kappa shape index (κ2) is 6.90. The van der Waals surface area contributed by atoms with Gasteiger partial charge in [-0.2, -0.15) is 0 Å². The molecule has 1 aromatic carbocycles. The number of piperidine rings is 1. The molecule has 2 fully saturated rings. The van der Waals surface area contributed by atoms with Gasteiger partial charge < -0.3 is 15.0 Å². The lowest BCUT2D eigenvalue weighted by molar-refractivity contribution is -0.132. The van der Waals surface area contributed by atoms with Crippen LogP contribution in [-0.4, -0.2) is 60.4 Å². The van der Waals surface area contributed by atoms with E-state index in [-0.39, 0.29) is 30.4 Å². The number of amides is 4. The monoisotopic (exact) mass is 331 g/mol. The maximum atomic E-state index is 12.4. The van der Waals surface area contributed by atoms with E-state index in [0.717, 1.165) is 11.3 Å². The Morgan fingerprint density at radius 3 is 2.67 bits per heavy atom. The second-order valence-corrected chi connectivity index (χ2v) is 6.06. The zero-order chi connectivity index (χ0) is 17.1. The summed E-state index contributed by atoms with van der Waals surface area (Å²) in [6.45, 7) is 1.20. The van der Waals surface area contributed by atoms with E-state index in [2.05, 4.69) is 5.32 Å². The van der Waals surface area contributed by atoms with Crippen LogP contribution in [0.25, 0.3) is 0 Å². The van der Waals surface area contributed by atoms with E-state index in [1.165, 1.54) is 4.90 Å². The van der Waals surface area contributed by atoms with Gasteiger partial charge in [0.15, 0.2) is 0 Å². The first kappa shape index (κ1) is 16.3. The minimum atomic E-state index is -0.318. The van der Waals surface area contributed by atoms with Crippen molar-refractivity contribution in [3.63, 3.8) is 0 Å². The quantitative estimate of drug-likeness (QED) is 0.827. The minimum absolute atomic E-state index is 0.0545. The number of likely N-dealkylation sites (tertiary alicyclic amines) is 1. The molecule has 2 saturated heterocycles. The van der Waals surface area contributed by atoms with E-state index in [1.54, 1.807) is 12.0 Å². The summed E-state index contributed by atoms with van der Waals surface area (Å²) in [4.78, 5) is 39.0. The Labute approximate surface area is 140 Å². The molecule has 24 heavy (non-hydrogen) atoms. The molecule has 0 saturated carbocycles. The molecule has 1 aromatic rings. The molecule has 2 heterocycles. The summed E-state index contributed by atoms with van der Waals surface area (Å²) >= 11 is 0. The number of methoxy groups -OCH3 is 1. The van der Waals surface area contributed by atoms with Crippen molar-refractivity contribution in [3.8, 4) is 5.75 Å². The van der Waals surface area contributed by atoms with E-state index in [9.17, 15) is 14.4 Å². The van der Waals surface area contributed by atoms with E-state index in [4.69, 9.17) is 4.74 Å². The Bertz CT molecular complexity index is 637. The first-order valence-electron chi connectivity index (χ1n) is 8.09. The van der Waals surface area contributed by atoms with Crippen LogP contribution in [0.15, 0.2) is 24.3 Å². The van der Waals surface area contributed by atoms with Gasteiger partial charge >= 0.3 is 6.03 Å². The molecule has 7 nitrogen and oxygen atoms in total. The lowest BCUT2D eigenvalue weighted by Gasteiger charge is -2.35. The van der Waals surface area contributed by atoms with Crippen molar-refractivity contribution in [1.29, 1.82) is 0 Å². The normalized spacial score (nSPS) is 18.7. The molecular weight excluding hydrogens is 310 g/mol. The summed E-state index contributed by atoms with van der Waals surface area (Å²) in [5.74, 6) is 0.609. The summed E-state index contributed by atoms with van der Waals surface area (Å²) in [5.41, 5.74) is 0.913. The van der Waals surface area contributed by atoms with Gasteiger partial charge in [-0.15, -0.1) is 0 Å². The lowest BCUT2D eigenvalue weighted by Crippen LogP contribution is -2.49. The molecule has 2 aliphatic rings. The molecule has 4 amide bonds. The third-order valence-electron chi connectivity index (χ3n) is 4.55. The predicted octanol–water partition coefficient (Wildman–Crippen LogP) is 0.781. The Kier molecular flexibility index (Phi) is 4.69. The Hall–Kier alpha value is -2.57. The first-order chi connectivity index (χ1) is 11.6. The Morgan fingerprint density at radius 1 is 1.29 bits per heavy atom. The maximum absolute atomic E-state index is 12.4. The van der Waals surface area contributed by atoms with Crippen molar-refractivity contribution in [2.45, 2.75) is 25.3 Å². The number of hydrogen-bond donors (Lipinski definition) is 1. The number of nitrogens with zero attached hydrogens (tertiary/aromatic N) is 2. The van der Waals surface area contributed by atoms with Crippen molar-refractivity contribution in [2.75, 3.05) is 26.7 Å². The fourth-order valence-electron chi connectivity index (χ4n) is 3.25. The van der Waals surface area contributed by atoms with E-state index in [1.807, 2.05) is 24.3 Å². The minimum Gasteiger partial charge on any atom is -0.497 e. The van der Waals surface area contributed by atoms with Crippen LogP contribution < -0.4 is 10.1 Å². The zero-order valence-corrected chi connectivity index (χ0v) is 13.7. The summed E-state index contributed by atoms with van der Waals surface area (Å²) in [6.07, 6.45) is 1.58. The summed E-state index contributed by atoms with van der Waals surface area (Å²) < 4.78 is 5.17. The van der Waals surface area contributed by atoms with Gasteiger partial charge in [-0.05, 0) is 30.5 Å². The van der Waals surface area contributed by atoms with Crippen molar-refractivity contribution in [2.24, 2.45) is 0 Å². The molecule has 0 radical (unpaired) electrons. The number of urea groups is 1. The molecule has 0 bridgehead atoms. The van der Waals surface area contributed by atoms with E-state index in [0.29, 0.717) is 32.4 Å². The number of benzene rings is 1. The fourth-order valence-corrected chi connectivity index (χ4v) is 3.25. The molecular formula is C17H21N3O4. The number of carbonyl (C=O) groups excluding carboxylic acids is 3. The van der Waals surface area contributed by atoms with Crippen LogP contribution >= 0.6 is 0 Å². The van der Waals surface area contributed by atoms with E-state index >= 15 is 0 Å². The third-order valence-corrected chi connectivity index (χ3v) is 4.55. The summed E-state index contributed by atoms with van der Waals surface area (Å²) in [6, 6.07) is 7.04. The standard InChI is InChI=1S/C17H21N3O4/c1-24-14-4-2-3-12(9-14)10-15(21)19-7-5-13(6-8-19)20-16(22)11-18-17(20)23/h2-4,9,13H,5-8,10-11H2,1H3,(H,18,23). The molecule has 0 atom stereocenters. The molecule has 0 spiro atoms. The smallest absolute Gasteiger partial charge is 0.324 e. The van der Waals surface area contributed by atoms with Crippen LogP contribution in [0.5, 0.6) is 5.75 Å². The van der Waals surface area contributed by atoms with Crippen LogP contribution in [0, 0.1) is 0 Å². The highest BCUT2D eigenvalue weighted by molar-refractivity contribution is 6.02. The molecule has 2 aliphatic heterocycles. The molecule has 0 aliphatic carbocycles. The average molecular weight is 331 g/mol. The molecule has 3 rings (SSSR count). The number of hydrogen-bond acceptors (Lipinski definition) is 4. The number of rotatable bonds is 4. The van der Waals surface area contributed by atoms with Crippen molar-refractivity contribution in [3.05, 3.63) is 29.8 Å². The fraction of sp³-hybridized carbons (Fsp3) is 0.471. The van der Waals surface area contributed by atoms with Gasteiger partial charge in [-0.1, -0.05) is 12.1 Å². The van der Waals surface area contributed by atoms with E-state index < -0.39 is 0 Å². The van der Waals surface area contributed by atoms with Crippen LogP contribution in [-0.2, 0) is 16.0 Å². The Morgan fingerprint density at radius 2 is 2.04 bits per heavy atom. The van der Waals surface area contributed by atoms with Crippen LogP contribution in [0.1, 0.15) is 18.4 Å². The van der Waals surface area contributed by atoms with Gasteiger partial charge in [0, 0.05) is 19.1 Å². The maximum Gasteiger partial charge on any atom is 0.324 e. The van der Waals surface area contributed by atoms with Crippen molar-refractivity contribution in [1.82, 2.24) is 15.1 Å². The highest BCUT2D eigenvalue weighted by Crippen LogP contribution is 2.20. The van der Waals surface area contributed by atoms with Crippen LogP contribution in [0.3, 0.4) is 0 Å². The highest BCUT2D eigenvalue weighted by Gasteiger charge is 2.37. The number of imide groups is 1. The summed E-state index contributed by atoms with van der Waals surface area (Å²) in [7, 11) is 1.60. The van der Waals surface area contributed by atoms with Gasteiger partial charge in [-0.3, -0.25) is 14.5 Å². The lowest BCUT2D eigenvalue weighted by atomic mass is 10.0. The molecule has 7 heteroatoms. The summed E-state index contributed by atoms with van der Waals surface area (Å²) in [5, 5.41) is 2.54. The number of nitrogens with one attached hydrogen (secondary N) is 1. The highest BCUT2D eigenvalue weighted by atomic mass is 16.5. The van der Waals surface area contributed by atoms with Crippen molar-refractivity contribution < 1.29 is 19.1 Å². The molecule has 0 aromatic heterocycles. The molecule has 0 unspecified atom stereocenters. The van der Waals surface area contributed by atoms with Gasteiger partial charge in [0.25, 0.3) is 0 Å². The van der Waals surface area contributed by atoms with Crippen molar-refractivity contribution >= 4 is 17.8 Å². The zero-order valence-electron chi connectivity index (χ0n) is 13.7. The largest absolute Gasteiger partial charge is 0.497 e. The van der Waals surface area contributed by atoms with Crippen LogP contribution in [0.4, 0.5) is 4.79 Å². The van der Waals surface area contributed by atoms with Crippen LogP contribution in [0.2, 0.25) is 0 Å². The SMILES string of the molecule is COc1cccc(CC(=O)N2CCC(N3C(=O)CNC3=O)CC2)c1. The predicted molar refractivity (Wildman–Crippen MR) is 86.5 cm³/mol. The third kappa shape index (κ3) is 3.34. The number of carbonyl (C=O) groups is 3. The molecule has 128 valence electrons. The van der Waals surface area contributed by atoms with Gasteiger partial charge in [-0.25, -0.2) is 4.79 Å². The first-order valence-corrected chi connectivity index (χ1v) is 8.09. The van der Waals surface area contributed by atoms with Gasteiger partial charge in [0.2, 0.25) is 11.8 Å². The molecule has 1 N–H and O–H groups in total.